The van der Waals surface area contributed by atoms with Gasteiger partial charge in [0.15, 0.2) is 5.78 Å². The number of rotatable bonds is 30. The molecule has 12 heteroatoms. The van der Waals surface area contributed by atoms with Crippen molar-refractivity contribution in [2.75, 3.05) is 25.5 Å². The Morgan fingerprint density at radius 1 is 0.776 bits per heavy atom. The van der Waals surface area contributed by atoms with Crippen LogP contribution in [-0.2, 0) is 25.6 Å². The lowest BCUT2D eigenvalue weighted by Crippen LogP contribution is -2.50. The number of hydrogen-bond donors (Lipinski definition) is 6. The van der Waals surface area contributed by atoms with Crippen LogP contribution in [0.15, 0.2) is 85.0 Å². The number of allylic oxidation sites excluding steroid dienone is 12. The molecule has 0 radical (unpaired) electrons. The number of phenols is 1. The van der Waals surface area contributed by atoms with Gasteiger partial charge in [-0.15, -0.1) is 0 Å². The van der Waals surface area contributed by atoms with Crippen LogP contribution >= 0.6 is 21.6 Å². The second kappa shape index (κ2) is 31.1. The molecule has 0 spiro atoms. The molecule has 1 aromatic rings. The Kier molecular flexibility index (Phi) is 28.0. The SMILES string of the molecule is CC/C=C\C/C=C\C/C=C\C/C=C\C/C=C\C/C=C\CCC(=O)NCCSSC(C)(C)[C@H](CC(=O)[C@H](Cc1c(C)cc(O)cc1C)NC(C)=O)C(=O)NC(CO)CO. The Morgan fingerprint density at radius 2 is 1.28 bits per heavy atom. The summed E-state index contributed by atoms with van der Waals surface area (Å²) in [4.78, 5) is 52.1. The zero-order valence-corrected chi connectivity index (χ0v) is 37.1. The smallest absolute Gasteiger partial charge is 0.225 e. The first-order chi connectivity index (χ1) is 27.7. The molecule has 6 N–H and O–H groups in total. The predicted molar refractivity (Wildman–Crippen MR) is 243 cm³/mol. The number of aromatic hydroxyl groups is 1. The van der Waals surface area contributed by atoms with Crippen molar-refractivity contribution in [1.29, 1.82) is 0 Å². The molecule has 322 valence electrons. The highest BCUT2D eigenvalue weighted by atomic mass is 33.1. The van der Waals surface area contributed by atoms with Crippen LogP contribution in [0.25, 0.3) is 0 Å². The van der Waals surface area contributed by atoms with E-state index < -0.39 is 47.8 Å². The molecule has 0 saturated heterocycles. The van der Waals surface area contributed by atoms with Crippen molar-refractivity contribution in [3.8, 4) is 5.75 Å². The minimum atomic E-state index is -0.919. The summed E-state index contributed by atoms with van der Waals surface area (Å²) >= 11 is 0. The average Bonchev–Trinajstić information content (AvgIpc) is 3.17. The summed E-state index contributed by atoms with van der Waals surface area (Å²) in [6.07, 6.45) is 32.5. The Hall–Kier alpha value is -3.84. The van der Waals surface area contributed by atoms with E-state index in [0.717, 1.165) is 55.2 Å². The fraction of sp³-hybridized carbons (Fsp3) is 0.522. The van der Waals surface area contributed by atoms with Crippen LogP contribution < -0.4 is 16.0 Å². The van der Waals surface area contributed by atoms with Gasteiger partial charge in [-0.1, -0.05) is 101 Å². The van der Waals surface area contributed by atoms with Crippen molar-refractivity contribution < 1.29 is 34.5 Å². The molecule has 0 heterocycles. The summed E-state index contributed by atoms with van der Waals surface area (Å²) in [7, 11) is 2.88. The number of Topliss-reactive ketones (excluding diaryl/α,β-unsaturated/α-hetero) is 1. The van der Waals surface area contributed by atoms with Crippen molar-refractivity contribution in [2.24, 2.45) is 5.92 Å². The number of phenolic OH excluding ortho intramolecular Hbond substituents is 1. The number of nitrogens with one attached hydrogen (secondary N) is 3. The zero-order valence-electron chi connectivity index (χ0n) is 35.5. The molecular formula is C46H69N3O7S2. The third kappa shape index (κ3) is 23.5. The van der Waals surface area contributed by atoms with Gasteiger partial charge < -0.3 is 31.3 Å². The standard InChI is InChI=1S/C46H69N3O7S2/c1-7-8-9-10-11-12-13-14-15-16-17-18-19-20-21-22-23-24-25-26-44(55)47-27-28-57-58-46(5,6)41(45(56)49-38(33-50)34-51)32-43(54)42(48-37(4)52)31-40-35(2)29-39(53)30-36(40)3/h8-9,11-12,14-15,17-18,20-21,23-24,29-30,38,41-42,50-51,53H,7,10,13,16,19,22,25-28,31-34H2,1-6H3,(H,47,55)(H,48,52)(H,49,56)/b9-8-,12-11-,15-14-,18-17-,21-20-,24-23-/t41-,42+/m1/s1. The largest absolute Gasteiger partial charge is 0.508 e. The van der Waals surface area contributed by atoms with Gasteiger partial charge in [0, 0.05) is 43.2 Å². The number of carbonyl (C=O) groups is 4. The van der Waals surface area contributed by atoms with Crippen LogP contribution in [0.1, 0.15) is 102 Å². The molecule has 0 unspecified atom stereocenters. The van der Waals surface area contributed by atoms with E-state index in [4.69, 9.17) is 0 Å². The molecule has 3 amide bonds. The van der Waals surface area contributed by atoms with Gasteiger partial charge in [0.25, 0.3) is 0 Å². The summed E-state index contributed by atoms with van der Waals surface area (Å²) in [6, 6.07) is 1.39. The van der Waals surface area contributed by atoms with Gasteiger partial charge in [-0.05, 0) is 101 Å². The molecule has 1 rings (SSSR count). The first-order valence-electron chi connectivity index (χ1n) is 20.3. The second-order valence-corrected chi connectivity index (χ2v) is 17.7. The fourth-order valence-electron chi connectivity index (χ4n) is 5.86. The Bertz CT molecular complexity index is 1560. The van der Waals surface area contributed by atoms with Gasteiger partial charge in [-0.3, -0.25) is 19.2 Å². The summed E-state index contributed by atoms with van der Waals surface area (Å²) in [6.45, 7) is 10.3. The quantitative estimate of drug-likeness (QED) is 0.0257. The van der Waals surface area contributed by atoms with Crippen molar-refractivity contribution >= 4 is 45.1 Å². The molecule has 0 aromatic heterocycles. The number of aliphatic hydroxyl groups is 2. The van der Waals surface area contributed by atoms with Crippen LogP contribution in [0.3, 0.4) is 0 Å². The van der Waals surface area contributed by atoms with E-state index in [0.29, 0.717) is 25.1 Å². The van der Waals surface area contributed by atoms with Crippen molar-refractivity contribution in [2.45, 2.75) is 123 Å². The zero-order chi connectivity index (χ0) is 43.2. The van der Waals surface area contributed by atoms with Gasteiger partial charge in [-0.25, -0.2) is 0 Å². The number of amides is 3. The predicted octanol–water partition coefficient (Wildman–Crippen LogP) is 7.86. The highest BCUT2D eigenvalue weighted by Crippen LogP contribution is 2.42. The van der Waals surface area contributed by atoms with E-state index >= 15 is 0 Å². The summed E-state index contributed by atoms with van der Waals surface area (Å²) in [5.41, 5.74) is 2.36. The van der Waals surface area contributed by atoms with Gasteiger partial charge in [-0.2, -0.15) is 0 Å². The lowest BCUT2D eigenvalue weighted by Gasteiger charge is -2.34. The summed E-state index contributed by atoms with van der Waals surface area (Å²) < 4.78 is -0.801. The molecule has 1 aromatic carbocycles. The summed E-state index contributed by atoms with van der Waals surface area (Å²) in [5.74, 6) is -1.49. The maximum atomic E-state index is 13.9. The van der Waals surface area contributed by atoms with Crippen LogP contribution in [0.4, 0.5) is 0 Å². The van der Waals surface area contributed by atoms with Crippen molar-refractivity contribution in [3.63, 3.8) is 0 Å². The molecule has 0 saturated carbocycles. The normalized spacial score (nSPS) is 13.5. The van der Waals surface area contributed by atoms with Crippen LogP contribution in [0.2, 0.25) is 0 Å². The molecule has 0 aliphatic heterocycles. The van der Waals surface area contributed by atoms with Crippen LogP contribution in [-0.4, -0.2) is 81.2 Å². The highest BCUT2D eigenvalue weighted by molar-refractivity contribution is 8.77. The molecule has 2 atom stereocenters. The number of aryl methyl sites for hydroxylation is 2. The minimum Gasteiger partial charge on any atom is -0.508 e. The fourth-order valence-corrected chi connectivity index (χ4v) is 8.50. The lowest BCUT2D eigenvalue weighted by molar-refractivity contribution is -0.132. The molecule has 58 heavy (non-hydrogen) atoms. The highest BCUT2D eigenvalue weighted by Gasteiger charge is 2.40. The van der Waals surface area contributed by atoms with E-state index in [2.05, 4.69) is 89.7 Å². The summed E-state index contributed by atoms with van der Waals surface area (Å²) in [5, 5.41) is 37.6. The topological polar surface area (TPSA) is 165 Å². The van der Waals surface area contributed by atoms with Crippen molar-refractivity contribution in [1.82, 2.24) is 16.0 Å². The number of carbonyl (C=O) groups excluding carboxylic acids is 4. The van der Waals surface area contributed by atoms with E-state index in [1.807, 2.05) is 33.8 Å². The monoisotopic (exact) mass is 839 g/mol. The first-order valence-corrected chi connectivity index (χ1v) is 22.7. The van der Waals surface area contributed by atoms with Crippen molar-refractivity contribution in [3.05, 3.63) is 102 Å². The maximum absolute atomic E-state index is 13.9. The Labute approximate surface area is 355 Å². The van der Waals surface area contributed by atoms with E-state index in [-0.39, 0.29) is 30.3 Å². The number of ketones is 1. The van der Waals surface area contributed by atoms with Gasteiger partial charge in [0.1, 0.15) is 5.75 Å². The third-order valence-electron chi connectivity index (χ3n) is 9.12. The number of hydrogen-bond acceptors (Lipinski definition) is 9. The molecular weight excluding hydrogens is 771 g/mol. The number of benzene rings is 1. The number of aliphatic hydroxyl groups excluding tert-OH is 2. The van der Waals surface area contributed by atoms with E-state index in [1.165, 1.54) is 28.5 Å². The first kappa shape index (κ1) is 52.2. The third-order valence-corrected chi connectivity index (χ3v) is 12.5. The van der Waals surface area contributed by atoms with Crippen LogP contribution in [0, 0.1) is 19.8 Å². The molecule has 0 aliphatic carbocycles. The average molecular weight is 840 g/mol. The van der Waals surface area contributed by atoms with Gasteiger partial charge in [0.2, 0.25) is 17.7 Å². The Balaban J connectivity index is 2.59. The maximum Gasteiger partial charge on any atom is 0.225 e. The van der Waals surface area contributed by atoms with Crippen LogP contribution in [0.5, 0.6) is 5.75 Å². The minimum absolute atomic E-state index is 0.0468. The van der Waals surface area contributed by atoms with Gasteiger partial charge in [0.05, 0.1) is 31.2 Å². The van der Waals surface area contributed by atoms with Gasteiger partial charge >= 0.3 is 0 Å². The van der Waals surface area contributed by atoms with E-state index in [1.54, 1.807) is 12.1 Å². The molecule has 0 aliphatic rings. The Morgan fingerprint density at radius 3 is 1.76 bits per heavy atom. The molecule has 10 nitrogen and oxygen atoms in total. The molecule has 0 bridgehead atoms. The second-order valence-electron chi connectivity index (χ2n) is 14.6. The van der Waals surface area contributed by atoms with E-state index in [9.17, 15) is 34.5 Å². The molecule has 0 fully saturated rings. The lowest BCUT2D eigenvalue weighted by atomic mass is 9.85.